The molecule has 8 heteroatoms. The molecule has 2 aromatic carbocycles. The molecule has 0 atom stereocenters. The molecule has 0 spiro atoms. The smallest absolute Gasteiger partial charge is 0.257 e. The molecule has 1 fully saturated rings. The zero-order chi connectivity index (χ0) is 21.8. The molecule has 0 bridgehead atoms. The number of methoxy groups -OCH3 is 2. The maximum Gasteiger partial charge on any atom is 0.257 e. The Balaban J connectivity index is 1.36. The van der Waals surface area contributed by atoms with Crippen molar-refractivity contribution in [3.63, 3.8) is 0 Å². The summed E-state index contributed by atoms with van der Waals surface area (Å²) in [6.45, 7) is 1.89. The van der Waals surface area contributed by atoms with E-state index in [2.05, 4.69) is 4.98 Å². The van der Waals surface area contributed by atoms with Gasteiger partial charge >= 0.3 is 0 Å². The molecule has 1 aliphatic heterocycles. The zero-order valence-corrected chi connectivity index (χ0v) is 18.2. The van der Waals surface area contributed by atoms with Crippen LogP contribution in [0.2, 0.25) is 0 Å². The van der Waals surface area contributed by atoms with Crippen molar-refractivity contribution < 1.29 is 19.1 Å². The van der Waals surface area contributed by atoms with Gasteiger partial charge in [-0.05, 0) is 30.3 Å². The maximum absolute atomic E-state index is 12.9. The predicted octanol–water partition coefficient (Wildman–Crippen LogP) is 3.31. The number of hydrogen-bond donors (Lipinski definition) is 0. The molecule has 1 aromatic heterocycles. The molecule has 3 aromatic rings. The van der Waals surface area contributed by atoms with Crippen LogP contribution >= 0.6 is 11.3 Å². The molecule has 7 nitrogen and oxygen atoms in total. The largest absolute Gasteiger partial charge is 0.497 e. The van der Waals surface area contributed by atoms with Gasteiger partial charge in [-0.25, -0.2) is 4.98 Å². The summed E-state index contributed by atoms with van der Waals surface area (Å²) in [4.78, 5) is 33.5. The average Bonchev–Trinajstić information content (AvgIpc) is 3.24. The lowest BCUT2D eigenvalue weighted by Crippen LogP contribution is -2.50. The number of carbonyl (C=O) groups is 2. The summed E-state index contributed by atoms with van der Waals surface area (Å²) in [6.07, 6.45) is 3.31. The van der Waals surface area contributed by atoms with Gasteiger partial charge in [0, 0.05) is 38.3 Å². The van der Waals surface area contributed by atoms with Crippen LogP contribution in [-0.4, -0.2) is 67.0 Å². The first-order chi connectivity index (χ1) is 15.1. The molecule has 1 aliphatic rings. The topological polar surface area (TPSA) is 72.0 Å². The number of amides is 2. The molecular formula is C23H23N3O4S. The minimum Gasteiger partial charge on any atom is -0.497 e. The second-order valence-electron chi connectivity index (χ2n) is 7.04. The SMILES string of the molecule is COc1ccc(C(=O)N2CCN(C(=O)/C=C/c3nc4ccccc4s3)CC2)c(OC)c1. The lowest BCUT2D eigenvalue weighted by atomic mass is 10.1. The quantitative estimate of drug-likeness (QED) is 0.573. The summed E-state index contributed by atoms with van der Waals surface area (Å²) < 4.78 is 11.6. The number of carbonyl (C=O) groups excluding carboxylic acids is 2. The van der Waals surface area contributed by atoms with Crippen molar-refractivity contribution in [3.8, 4) is 11.5 Å². The van der Waals surface area contributed by atoms with Crippen LogP contribution < -0.4 is 9.47 Å². The minimum atomic E-state index is -0.114. The van der Waals surface area contributed by atoms with Crippen LogP contribution in [0.4, 0.5) is 0 Å². The highest BCUT2D eigenvalue weighted by molar-refractivity contribution is 7.19. The third kappa shape index (κ3) is 4.54. The van der Waals surface area contributed by atoms with Gasteiger partial charge in [0.05, 0.1) is 30.0 Å². The molecule has 1 saturated heterocycles. The molecule has 2 amide bonds. The van der Waals surface area contributed by atoms with Crippen molar-refractivity contribution in [2.75, 3.05) is 40.4 Å². The van der Waals surface area contributed by atoms with E-state index in [1.807, 2.05) is 24.3 Å². The molecule has 31 heavy (non-hydrogen) atoms. The van der Waals surface area contributed by atoms with Gasteiger partial charge in [-0.3, -0.25) is 9.59 Å². The number of ether oxygens (including phenoxy) is 2. The molecule has 4 rings (SSSR count). The lowest BCUT2D eigenvalue weighted by molar-refractivity contribution is -0.127. The highest BCUT2D eigenvalue weighted by Crippen LogP contribution is 2.26. The Morgan fingerprint density at radius 2 is 1.74 bits per heavy atom. The van der Waals surface area contributed by atoms with Crippen LogP contribution in [0, 0.1) is 0 Å². The standard InChI is InChI=1S/C23H23N3O4S/c1-29-16-7-8-17(19(15-16)30-2)23(28)26-13-11-25(12-14-26)22(27)10-9-21-24-18-5-3-4-6-20(18)31-21/h3-10,15H,11-14H2,1-2H3/b10-9+. The predicted molar refractivity (Wildman–Crippen MR) is 121 cm³/mol. The maximum atomic E-state index is 12.9. The van der Waals surface area contributed by atoms with Gasteiger partial charge in [-0.2, -0.15) is 0 Å². The Labute approximate surface area is 184 Å². The van der Waals surface area contributed by atoms with E-state index in [0.29, 0.717) is 43.2 Å². The van der Waals surface area contributed by atoms with Crippen molar-refractivity contribution in [3.05, 3.63) is 59.1 Å². The first kappa shape index (κ1) is 20.9. The number of piperazine rings is 1. The molecule has 0 aliphatic carbocycles. The molecule has 0 radical (unpaired) electrons. The fourth-order valence-electron chi connectivity index (χ4n) is 3.48. The molecule has 2 heterocycles. The normalized spacial score (nSPS) is 14.3. The van der Waals surface area contributed by atoms with Crippen LogP contribution in [-0.2, 0) is 4.79 Å². The second-order valence-corrected chi connectivity index (χ2v) is 8.10. The van der Waals surface area contributed by atoms with Crippen molar-refractivity contribution in [1.29, 1.82) is 0 Å². The van der Waals surface area contributed by atoms with Crippen molar-refractivity contribution in [2.24, 2.45) is 0 Å². The van der Waals surface area contributed by atoms with Gasteiger partial charge in [0.25, 0.3) is 5.91 Å². The molecule has 0 unspecified atom stereocenters. The summed E-state index contributed by atoms with van der Waals surface area (Å²) in [5.74, 6) is 0.912. The monoisotopic (exact) mass is 437 g/mol. The fourth-order valence-corrected chi connectivity index (χ4v) is 4.36. The van der Waals surface area contributed by atoms with E-state index >= 15 is 0 Å². The fraction of sp³-hybridized carbons (Fsp3) is 0.261. The first-order valence-corrected chi connectivity index (χ1v) is 10.7. The third-order valence-electron chi connectivity index (χ3n) is 5.20. The summed E-state index contributed by atoms with van der Waals surface area (Å²) in [6, 6.07) is 13.0. The average molecular weight is 438 g/mol. The van der Waals surface area contributed by atoms with Crippen LogP contribution in [0.25, 0.3) is 16.3 Å². The highest BCUT2D eigenvalue weighted by atomic mass is 32.1. The third-order valence-corrected chi connectivity index (χ3v) is 6.20. The Morgan fingerprint density at radius 1 is 1.00 bits per heavy atom. The highest BCUT2D eigenvalue weighted by Gasteiger charge is 2.26. The number of aromatic nitrogens is 1. The van der Waals surface area contributed by atoms with Gasteiger partial charge in [0.2, 0.25) is 5.91 Å². The van der Waals surface area contributed by atoms with E-state index in [4.69, 9.17) is 9.47 Å². The summed E-state index contributed by atoms with van der Waals surface area (Å²) >= 11 is 1.55. The van der Waals surface area contributed by atoms with Gasteiger partial charge in [-0.15, -0.1) is 11.3 Å². The summed E-state index contributed by atoms with van der Waals surface area (Å²) in [5, 5.41) is 0.801. The van der Waals surface area contributed by atoms with E-state index in [1.165, 1.54) is 7.11 Å². The van der Waals surface area contributed by atoms with Gasteiger partial charge in [0.15, 0.2) is 0 Å². The molecule has 0 saturated carbocycles. The molecule has 0 N–H and O–H groups in total. The van der Waals surface area contributed by atoms with Crippen LogP contribution in [0.3, 0.4) is 0 Å². The Kier molecular flexibility index (Phi) is 6.18. The van der Waals surface area contributed by atoms with Crippen molar-refractivity contribution >= 4 is 39.4 Å². The lowest BCUT2D eigenvalue weighted by Gasteiger charge is -2.34. The Bertz CT molecular complexity index is 1100. The van der Waals surface area contributed by atoms with Gasteiger partial charge < -0.3 is 19.3 Å². The first-order valence-electron chi connectivity index (χ1n) is 9.93. The molecular weight excluding hydrogens is 414 g/mol. The van der Waals surface area contributed by atoms with Crippen LogP contribution in [0.15, 0.2) is 48.5 Å². The number of thiazole rings is 1. The van der Waals surface area contributed by atoms with Crippen molar-refractivity contribution in [1.82, 2.24) is 14.8 Å². The summed E-state index contributed by atoms with van der Waals surface area (Å²) in [5.41, 5.74) is 1.42. The van der Waals surface area contributed by atoms with E-state index < -0.39 is 0 Å². The second kappa shape index (κ2) is 9.18. The van der Waals surface area contributed by atoms with E-state index in [-0.39, 0.29) is 11.8 Å². The Morgan fingerprint density at radius 3 is 2.45 bits per heavy atom. The number of fused-ring (bicyclic) bond motifs is 1. The minimum absolute atomic E-state index is 0.0756. The number of benzene rings is 2. The summed E-state index contributed by atoms with van der Waals surface area (Å²) in [7, 11) is 3.09. The van der Waals surface area contributed by atoms with Crippen LogP contribution in [0.5, 0.6) is 11.5 Å². The molecule has 160 valence electrons. The number of para-hydroxylation sites is 1. The van der Waals surface area contributed by atoms with Gasteiger partial charge in [-0.1, -0.05) is 12.1 Å². The van der Waals surface area contributed by atoms with Gasteiger partial charge in [0.1, 0.15) is 16.5 Å². The zero-order valence-electron chi connectivity index (χ0n) is 17.4. The van der Waals surface area contributed by atoms with E-state index in [0.717, 1.165) is 15.2 Å². The Hall–Kier alpha value is -3.39. The van der Waals surface area contributed by atoms with E-state index in [9.17, 15) is 9.59 Å². The van der Waals surface area contributed by atoms with E-state index in [1.54, 1.807) is 58.6 Å². The number of rotatable bonds is 5. The number of hydrogen-bond acceptors (Lipinski definition) is 6. The number of nitrogens with zero attached hydrogens (tertiary/aromatic N) is 3. The van der Waals surface area contributed by atoms with Crippen LogP contribution in [0.1, 0.15) is 15.4 Å². The van der Waals surface area contributed by atoms with Crippen molar-refractivity contribution in [2.45, 2.75) is 0 Å².